The van der Waals surface area contributed by atoms with Crippen LogP contribution in [0.2, 0.25) is 0 Å². The molecule has 0 radical (unpaired) electrons. The van der Waals surface area contributed by atoms with Crippen LogP contribution in [0.3, 0.4) is 0 Å². The van der Waals surface area contributed by atoms with Gasteiger partial charge in [-0.25, -0.2) is 17.5 Å². The maximum Gasteiger partial charge on any atom is 0.245 e. The number of nitrogens with one attached hydrogen (secondary N) is 1. The summed E-state index contributed by atoms with van der Waals surface area (Å²) in [6.07, 6.45) is 3.58. The molecule has 0 aromatic heterocycles. The molecule has 1 aromatic rings. The number of anilines is 1. The first-order valence-corrected chi connectivity index (χ1v) is 9.11. The second-order valence-electron chi connectivity index (χ2n) is 4.58. The molecule has 0 unspecified atom stereocenters. The standard InChI is InChI=1S/C13H21FN2O2S2/c1-4-13(5-2,19-3)9-16-20(17,18)12-10(14)7-6-8-11(12)15/h6-8,16H,4-5,9,15H2,1-3H3. The van der Waals surface area contributed by atoms with E-state index < -0.39 is 20.7 Å². The highest BCUT2D eigenvalue weighted by Gasteiger charge is 2.29. The molecule has 1 rings (SSSR count). The van der Waals surface area contributed by atoms with E-state index in [0.717, 1.165) is 18.9 Å². The monoisotopic (exact) mass is 320 g/mol. The van der Waals surface area contributed by atoms with E-state index in [2.05, 4.69) is 4.72 Å². The average molecular weight is 320 g/mol. The molecule has 0 spiro atoms. The number of sulfonamides is 1. The van der Waals surface area contributed by atoms with Gasteiger partial charge in [-0.3, -0.25) is 0 Å². The van der Waals surface area contributed by atoms with Gasteiger partial charge in [0.05, 0.1) is 5.69 Å². The van der Waals surface area contributed by atoms with E-state index >= 15 is 0 Å². The predicted octanol–water partition coefficient (Wildman–Crippen LogP) is 2.61. The molecule has 0 aliphatic carbocycles. The Balaban J connectivity index is 3.02. The van der Waals surface area contributed by atoms with E-state index in [1.807, 2.05) is 20.1 Å². The van der Waals surface area contributed by atoms with Gasteiger partial charge in [-0.2, -0.15) is 11.8 Å². The highest BCUT2D eigenvalue weighted by atomic mass is 32.2. The number of nitrogen functional groups attached to an aromatic ring is 1. The van der Waals surface area contributed by atoms with Gasteiger partial charge in [0.25, 0.3) is 0 Å². The summed E-state index contributed by atoms with van der Waals surface area (Å²) < 4.78 is 40.5. The fourth-order valence-electron chi connectivity index (χ4n) is 1.97. The lowest BCUT2D eigenvalue weighted by molar-refractivity contribution is 0.517. The maximum absolute atomic E-state index is 13.7. The molecule has 0 aliphatic heterocycles. The normalized spacial score (nSPS) is 12.6. The summed E-state index contributed by atoms with van der Waals surface area (Å²) in [5.41, 5.74) is 5.50. The van der Waals surface area contributed by atoms with E-state index in [4.69, 9.17) is 5.73 Å². The zero-order valence-electron chi connectivity index (χ0n) is 11.9. The molecule has 0 saturated carbocycles. The molecule has 0 amide bonds. The number of hydrogen-bond donors (Lipinski definition) is 2. The van der Waals surface area contributed by atoms with E-state index in [9.17, 15) is 12.8 Å². The quantitative estimate of drug-likeness (QED) is 0.758. The van der Waals surface area contributed by atoms with Gasteiger partial charge in [0.1, 0.15) is 10.7 Å². The second-order valence-corrected chi connectivity index (χ2v) is 7.56. The minimum absolute atomic E-state index is 0.0831. The van der Waals surface area contributed by atoms with Gasteiger partial charge >= 0.3 is 0 Å². The summed E-state index contributed by atoms with van der Waals surface area (Å²) in [6, 6.07) is 3.85. The van der Waals surface area contributed by atoms with E-state index in [-0.39, 0.29) is 17.0 Å². The Morgan fingerprint density at radius 2 is 1.95 bits per heavy atom. The third-order valence-corrected chi connectivity index (χ3v) is 6.65. The van der Waals surface area contributed by atoms with E-state index in [1.165, 1.54) is 12.1 Å². The Hall–Kier alpha value is -0.790. The van der Waals surface area contributed by atoms with Crippen LogP contribution in [0.25, 0.3) is 0 Å². The lowest BCUT2D eigenvalue weighted by atomic mass is 10.0. The minimum Gasteiger partial charge on any atom is -0.398 e. The fraction of sp³-hybridized carbons (Fsp3) is 0.538. The third kappa shape index (κ3) is 3.65. The van der Waals surface area contributed by atoms with Crippen LogP contribution in [0.15, 0.2) is 23.1 Å². The van der Waals surface area contributed by atoms with Crippen molar-refractivity contribution in [2.45, 2.75) is 36.3 Å². The zero-order chi connectivity index (χ0) is 15.4. The number of hydrogen-bond acceptors (Lipinski definition) is 4. The zero-order valence-corrected chi connectivity index (χ0v) is 13.6. The molecule has 114 valence electrons. The Labute approximate surface area is 124 Å². The average Bonchev–Trinajstić information content (AvgIpc) is 2.40. The molecule has 0 saturated heterocycles. The molecule has 0 heterocycles. The molecule has 0 aliphatic rings. The Morgan fingerprint density at radius 1 is 1.35 bits per heavy atom. The van der Waals surface area contributed by atoms with Crippen molar-refractivity contribution in [3.63, 3.8) is 0 Å². The molecular formula is C13H21FN2O2S2. The number of nitrogens with two attached hydrogens (primary N) is 1. The van der Waals surface area contributed by atoms with Crippen molar-refractivity contribution in [3.8, 4) is 0 Å². The molecule has 20 heavy (non-hydrogen) atoms. The van der Waals surface area contributed by atoms with Crippen molar-refractivity contribution < 1.29 is 12.8 Å². The summed E-state index contributed by atoms with van der Waals surface area (Å²) >= 11 is 1.61. The van der Waals surface area contributed by atoms with Crippen LogP contribution in [-0.2, 0) is 10.0 Å². The van der Waals surface area contributed by atoms with Gasteiger partial charge in [-0.15, -0.1) is 0 Å². The van der Waals surface area contributed by atoms with E-state index in [0.29, 0.717) is 0 Å². The minimum atomic E-state index is -3.95. The summed E-state index contributed by atoms with van der Waals surface area (Å²) in [5.74, 6) is -0.833. The van der Waals surface area contributed by atoms with Crippen molar-refractivity contribution >= 4 is 27.5 Å². The van der Waals surface area contributed by atoms with Crippen molar-refractivity contribution in [2.24, 2.45) is 0 Å². The van der Waals surface area contributed by atoms with Crippen molar-refractivity contribution in [3.05, 3.63) is 24.0 Å². The van der Waals surface area contributed by atoms with Crippen LogP contribution < -0.4 is 10.5 Å². The molecule has 0 bridgehead atoms. The van der Waals surface area contributed by atoms with Crippen LogP contribution in [0.1, 0.15) is 26.7 Å². The number of benzene rings is 1. The summed E-state index contributed by atoms with van der Waals surface area (Å²) in [4.78, 5) is -0.470. The molecule has 4 nitrogen and oxygen atoms in total. The smallest absolute Gasteiger partial charge is 0.245 e. The van der Waals surface area contributed by atoms with Crippen molar-refractivity contribution in [1.82, 2.24) is 4.72 Å². The molecule has 1 aromatic carbocycles. The van der Waals surface area contributed by atoms with Gasteiger partial charge in [-0.05, 0) is 31.2 Å². The van der Waals surface area contributed by atoms with Crippen molar-refractivity contribution in [1.29, 1.82) is 0 Å². The topological polar surface area (TPSA) is 72.2 Å². The first-order chi connectivity index (χ1) is 9.32. The number of halogens is 1. The Kier molecular flexibility index (Phi) is 5.85. The predicted molar refractivity (Wildman–Crippen MR) is 82.8 cm³/mol. The van der Waals surface area contributed by atoms with Crippen LogP contribution in [0.5, 0.6) is 0 Å². The van der Waals surface area contributed by atoms with Crippen LogP contribution in [-0.4, -0.2) is 26.0 Å². The largest absolute Gasteiger partial charge is 0.398 e. The number of rotatable bonds is 7. The fourth-order valence-corrected chi connectivity index (χ4v) is 4.17. The number of thioether (sulfide) groups is 1. The van der Waals surface area contributed by atoms with E-state index in [1.54, 1.807) is 11.8 Å². The molecule has 0 atom stereocenters. The van der Waals surface area contributed by atoms with Crippen molar-refractivity contribution in [2.75, 3.05) is 18.5 Å². The Bertz CT molecular complexity index is 529. The first kappa shape index (κ1) is 17.3. The SMILES string of the molecule is CCC(CC)(CNS(=O)(=O)c1c(N)cccc1F)SC. The van der Waals surface area contributed by atoms with Gasteiger partial charge in [0, 0.05) is 11.3 Å². The summed E-state index contributed by atoms with van der Waals surface area (Å²) in [5, 5.41) is 0. The molecule has 7 heteroatoms. The Morgan fingerprint density at radius 3 is 2.40 bits per heavy atom. The highest BCUT2D eigenvalue weighted by molar-refractivity contribution is 8.00. The van der Waals surface area contributed by atoms with Crippen LogP contribution in [0.4, 0.5) is 10.1 Å². The summed E-state index contributed by atoms with van der Waals surface area (Å²) in [7, 11) is -3.95. The molecule has 0 fully saturated rings. The summed E-state index contributed by atoms with van der Waals surface area (Å²) in [6.45, 7) is 4.26. The lowest BCUT2D eigenvalue weighted by Crippen LogP contribution is -2.40. The molecular weight excluding hydrogens is 299 g/mol. The van der Waals surface area contributed by atoms with Gasteiger partial charge < -0.3 is 5.73 Å². The highest BCUT2D eigenvalue weighted by Crippen LogP contribution is 2.30. The van der Waals surface area contributed by atoms with Gasteiger partial charge in [0.2, 0.25) is 10.0 Å². The first-order valence-electron chi connectivity index (χ1n) is 6.40. The van der Waals surface area contributed by atoms with Gasteiger partial charge in [0.15, 0.2) is 0 Å². The maximum atomic E-state index is 13.7. The lowest BCUT2D eigenvalue weighted by Gasteiger charge is -2.29. The third-order valence-electron chi connectivity index (χ3n) is 3.57. The molecule has 3 N–H and O–H groups in total. The van der Waals surface area contributed by atoms with Gasteiger partial charge in [-0.1, -0.05) is 19.9 Å². The second kappa shape index (κ2) is 6.78. The van der Waals surface area contributed by atoms with Crippen LogP contribution >= 0.6 is 11.8 Å². The van der Waals surface area contributed by atoms with Crippen LogP contribution in [0, 0.1) is 5.82 Å².